The molecule has 2 aromatic carbocycles. The van der Waals surface area contributed by atoms with Gasteiger partial charge >= 0.3 is 0 Å². The van der Waals surface area contributed by atoms with Crippen molar-refractivity contribution in [2.24, 2.45) is 0 Å². The Hall–Kier alpha value is -3.28. The van der Waals surface area contributed by atoms with E-state index in [0.29, 0.717) is 25.3 Å². The summed E-state index contributed by atoms with van der Waals surface area (Å²) in [6, 6.07) is 15.4. The fraction of sp³-hybridized carbons (Fsp3) is 0.238. The van der Waals surface area contributed by atoms with E-state index in [1.54, 1.807) is 14.0 Å². The highest BCUT2D eigenvalue weighted by Crippen LogP contribution is 2.19. The Labute approximate surface area is 158 Å². The monoisotopic (exact) mass is 365 g/mol. The van der Waals surface area contributed by atoms with E-state index in [0.717, 1.165) is 28.4 Å². The van der Waals surface area contributed by atoms with Crippen LogP contribution in [0, 0.1) is 0 Å². The average molecular weight is 365 g/mol. The lowest BCUT2D eigenvalue weighted by atomic mass is 10.3. The SMILES string of the molecule is C=C(C)C(=O)NCc1nc2ccccc2n1CCOc1ccc(OC)cc1. The van der Waals surface area contributed by atoms with E-state index in [1.807, 2.05) is 48.5 Å². The van der Waals surface area contributed by atoms with Crippen LogP contribution < -0.4 is 14.8 Å². The molecule has 6 nitrogen and oxygen atoms in total. The number of rotatable bonds is 8. The van der Waals surface area contributed by atoms with E-state index < -0.39 is 0 Å². The molecule has 0 saturated heterocycles. The zero-order chi connectivity index (χ0) is 19.2. The Bertz CT molecular complexity index is 945. The molecule has 0 radical (unpaired) electrons. The van der Waals surface area contributed by atoms with E-state index in [-0.39, 0.29) is 5.91 Å². The first-order chi connectivity index (χ1) is 13.1. The van der Waals surface area contributed by atoms with E-state index in [4.69, 9.17) is 9.47 Å². The lowest BCUT2D eigenvalue weighted by Crippen LogP contribution is -2.25. The molecule has 0 atom stereocenters. The van der Waals surface area contributed by atoms with Crippen molar-refractivity contribution in [1.29, 1.82) is 0 Å². The highest BCUT2D eigenvalue weighted by atomic mass is 16.5. The smallest absolute Gasteiger partial charge is 0.246 e. The van der Waals surface area contributed by atoms with Crippen molar-refractivity contribution < 1.29 is 14.3 Å². The molecule has 1 aromatic heterocycles. The minimum atomic E-state index is -0.178. The summed E-state index contributed by atoms with van der Waals surface area (Å²) in [5, 5.41) is 2.84. The Morgan fingerprint density at radius 3 is 2.56 bits per heavy atom. The molecular formula is C21H23N3O3. The van der Waals surface area contributed by atoms with Gasteiger partial charge in [-0.1, -0.05) is 18.7 Å². The number of nitrogens with zero attached hydrogens (tertiary/aromatic N) is 2. The van der Waals surface area contributed by atoms with Crippen LogP contribution in [0.2, 0.25) is 0 Å². The number of ether oxygens (including phenoxy) is 2. The Morgan fingerprint density at radius 1 is 1.15 bits per heavy atom. The molecule has 0 aliphatic carbocycles. The zero-order valence-corrected chi connectivity index (χ0v) is 15.6. The Morgan fingerprint density at radius 2 is 1.85 bits per heavy atom. The van der Waals surface area contributed by atoms with E-state index in [9.17, 15) is 4.79 Å². The van der Waals surface area contributed by atoms with Crippen LogP contribution >= 0.6 is 0 Å². The normalized spacial score (nSPS) is 10.6. The maximum atomic E-state index is 11.8. The van der Waals surface area contributed by atoms with Gasteiger partial charge in [0.15, 0.2) is 0 Å². The second kappa shape index (κ2) is 8.40. The molecule has 0 spiro atoms. The fourth-order valence-corrected chi connectivity index (χ4v) is 2.75. The predicted molar refractivity (Wildman–Crippen MR) is 105 cm³/mol. The van der Waals surface area contributed by atoms with Crippen molar-refractivity contribution in [3.63, 3.8) is 0 Å². The molecule has 0 saturated carbocycles. The molecule has 6 heteroatoms. The Balaban J connectivity index is 1.72. The molecule has 140 valence electrons. The number of hydrogen-bond donors (Lipinski definition) is 1. The quantitative estimate of drug-likeness (QED) is 0.622. The second-order valence-electron chi connectivity index (χ2n) is 6.16. The molecular weight excluding hydrogens is 342 g/mol. The van der Waals surface area contributed by atoms with Crippen molar-refractivity contribution in [1.82, 2.24) is 14.9 Å². The molecule has 1 N–H and O–H groups in total. The van der Waals surface area contributed by atoms with Crippen LogP contribution in [0.4, 0.5) is 0 Å². The lowest BCUT2D eigenvalue weighted by molar-refractivity contribution is -0.117. The first kappa shape index (κ1) is 18.5. The number of methoxy groups -OCH3 is 1. The molecule has 1 amide bonds. The molecule has 3 rings (SSSR count). The van der Waals surface area contributed by atoms with Gasteiger partial charge in [0.1, 0.15) is 23.9 Å². The van der Waals surface area contributed by atoms with Gasteiger partial charge in [0.05, 0.1) is 31.2 Å². The molecule has 0 unspecified atom stereocenters. The number of aromatic nitrogens is 2. The van der Waals surface area contributed by atoms with Crippen LogP contribution in [0.3, 0.4) is 0 Å². The fourth-order valence-electron chi connectivity index (χ4n) is 2.75. The molecule has 3 aromatic rings. The first-order valence-corrected chi connectivity index (χ1v) is 8.73. The van der Waals surface area contributed by atoms with Gasteiger partial charge in [0.2, 0.25) is 5.91 Å². The number of fused-ring (bicyclic) bond motifs is 1. The average Bonchev–Trinajstić information content (AvgIpc) is 3.04. The highest BCUT2D eigenvalue weighted by molar-refractivity contribution is 5.92. The summed E-state index contributed by atoms with van der Waals surface area (Å²) >= 11 is 0. The minimum Gasteiger partial charge on any atom is -0.497 e. The van der Waals surface area contributed by atoms with Gasteiger partial charge in [-0.25, -0.2) is 4.98 Å². The number of carbonyl (C=O) groups excluding carboxylic acids is 1. The third kappa shape index (κ3) is 4.47. The van der Waals surface area contributed by atoms with Crippen LogP contribution in [0.5, 0.6) is 11.5 Å². The first-order valence-electron chi connectivity index (χ1n) is 8.73. The van der Waals surface area contributed by atoms with Crippen LogP contribution in [0.25, 0.3) is 11.0 Å². The number of para-hydroxylation sites is 2. The molecule has 27 heavy (non-hydrogen) atoms. The molecule has 0 aliphatic heterocycles. The van der Waals surface area contributed by atoms with E-state index in [2.05, 4.69) is 21.4 Å². The Kier molecular flexibility index (Phi) is 5.76. The van der Waals surface area contributed by atoms with Crippen LogP contribution in [0.15, 0.2) is 60.7 Å². The number of amides is 1. The number of hydrogen-bond acceptors (Lipinski definition) is 4. The number of carbonyl (C=O) groups is 1. The van der Waals surface area contributed by atoms with Gasteiger partial charge in [0, 0.05) is 5.57 Å². The summed E-state index contributed by atoms with van der Waals surface area (Å²) in [5.41, 5.74) is 2.37. The van der Waals surface area contributed by atoms with Gasteiger partial charge in [-0.15, -0.1) is 0 Å². The zero-order valence-electron chi connectivity index (χ0n) is 15.6. The lowest BCUT2D eigenvalue weighted by Gasteiger charge is -2.12. The third-order valence-corrected chi connectivity index (χ3v) is 4.17. The van der Waals surface area contributed by atoms with E-state index >= 15 is 0 Å². The largest absolute Gasteiger partial charge is 0.497 e. The summed E-state index contributed by atoms with van der Waals surface area (Å²) < 4.78 is 13.1. The van der Waals surface area contributed by atoms with Crippen molar-refractivity contribution >= 4 is 16.9 Å². The van der Waals surface area contributed by atoms with Crippen molar-refractivity contribution in [2.75, 3.05) is 13.7 Å². The van der Waals surface area contributed by atoms with Crippen LogP contribution in [-0.4, -0.2) is 29.2 Å². The summed E-state index contributed by atoms with van der Waals surface area (Å²) in [6.07, 6.45) is 0. The number of benzene rings is 2. The van der Waals surface area contributed by atoms with Gasteiger partial charge in [-0.2, -0.15) is 0 Å². The van der Waals surface area contributed by atoms with Crippen LogP contribution in [-0.2, 0) is 17.9 Å². The highest BCUT2D eigenvalue weighted by Gasteiger charge is 2.12. The standard InChI is InChI=1S/C21H23N3O3/c1-15(2)21(25)22-14-20-23-18-6-4-5-7-19(18)24(20)12-13-27-17-10-8-16(26-3)9-11-17/h4-11H,1,12-14H2,2-3H3,(H,22,25). The van der Waals surface area contributed by atoms with Crippen molar-refractivity contribution in [2.45, 2.75) is 20.0 Å². The number of imidazole rings is 1. The molecule has 0 aliphatic rings. The van der Waals surface area contributed by atoms with Crippen molar-refractivity contribution in [3.05, 3.63) is 66.5 Å². The summed E-state index contributed by atoms with van der Waals surface area (Å²) in [6.45, 7) is 6.77. The molecule has 0 fully saturated rings. The minimum absolute atomic E-state index is 0.178. The maximum absolute atomic E-state index is 11.8. The van der Waals surface area contributed by atoms with E-state index in [1.165, 1.54) is 0 Å². The van der Waals surface area contributed by atoms with Gasteiger partial charge in [0.25, 0.3) is 0 Å². The predicted octanol–water partition coefficient (Wildman–Crippen LogP) is 3.32. The van der Waals surface area contributed by atoms with Gasteiger partial charge in [-0.3, -0.25) is 4.79 Å². The second-order valence-corrected chi connectivity index (χ2v) is 6.16. The topological polar surface area (TPSA) is 65.4 Å². The van der Waals surface area contributed by atoms with Crippen molar-refractivity contribution in [3.8, 4) is 11.5 Å². The third-order valence-electron chi connectivity index (χ3n) is 4.17. The van der Waals surface area contributed by atoms with Gasteiger partial charge < -0.3 is 19.4 Å². The number of nitrogens with one attached hydrogen (secondary N) is 1. The summed E-state index contributed by atoms with van der Waals surface area (Å²) in [5.74, 6) is 2.17. The maximum Gasteiger partial charge on any atom is 0.246 e. The summed E-state index contributed by atoms with van der Waals surface area (Å²) in [4.78, 5) is 16.5. The molecule has 0 bridgehead atoms. The molecule has 1 heterocycles. The van der Waals surface area contributed by atoms with Gasteiger partial charge in [-0.05, 0) is 43.3 Å². The van der Waals surface area contributed by atoms with Crippen LogP contribution in [0.1, 0.15) is 12.7 Å². The summed E-state index contributed by atoms with van der Waals surface area (Å²) in [7, 11) is 1.63.